The minimum Gasteiger partial charge on any atom is -0.756 e. The summed E-state index contributed by atoms with van der Waals surface area (Å²) in [4.78, 5) is 25.5. The molecule has 444 valence electrons. The van der Waals surface area contributed by atoms with Crippen LogP contribution in [0.25, 0.3) is 0 Å². The van der Waals surface area contributed by atoms with Crippen molar-refractivity contribution < 1.29 is 32.9 Å². The quantitative estimate of drug-likeness (QED) is 0.0357. The Kier molecular flexibility index (Phi) is 56.8. The molecule has 0 rings (SSSR count). The second-order valence-electron chi connectivity index (χ2n) is 24.5. The number of phosphoric ester groups is 1. The van der Waals surface area contributed by atoms with E-state index in [2.05, 4.69) is 19.2 Å². The monoisotopic (exact) mass is 1070 g/mol. The molecule has 0 radical (unpaired) electrons. The maximum Gasteiger partial charge on any atom is 0.268 e. The molecule has 0 bridgehead atoms. The Bertz CT molecular complexity index is 1170. The Morgan fingerprint density at radius 2 is 0.662 bits per heavy atom. The smallest absolute Gasteiger partial charge is 0.268 e. The van der Waals surface area contributed by atoms with Gasteiger partial charge in [0.25, 0.3) is 7.82 Å². The number of amides is 1. The van der Waals surface area contributed by atoms with Crippen LogP contribution in [0.15, 0.2) is 0 Å². The Labute approximate surface area is 463 Å². The molecular weight excluding hydrogens is 936 g/mol. The molecule has 9 heteroatoms. The van der Waals surface area contributed by atoms with E-state index in [0.717, 1.165) is 38.5 Å². The predicted octanol–water partition coefficient (Wildman–Crippen LogP) is 20.1. The summed E-state index contributed by atoms with van der Waals surface area (Å²) in [7, 11) is 1.32. The standard InChI is InChI=1S/C65H133N2O6P/c1-6-8-10-12-14-16-18-19-20-21-22-23-24-25-26-27-28-29-30-31-32-33-34-35-36-37-38-39-40-41-42-43-44-45-46-47-49-51-53-55-57-59-65(69)66-63(62-73-74(70,71)72-61-60-67(3,4)5)64(68)58-56-54-52-50-48-17-15-13-11-9-7-2/h63-64,68H,6-62H2,1-5H3,(H-,66,69,70,71). The highest BCUT2D eigenvalue weighted by Crippen LogP contribution is 2.38. The largest absolute Gasteiger partial charge is 0.756 e. The third-order valence-electron chi connectivity index (χ3n) is 15.8. The summed E-state index contributed by atoms with van der Waals surface area (Å²) < 4.78 is 23.4. The molecule has 3 atom stereocenters. The van der Waals surface area contributed by atoms with Crippen LogP contribution in [0.1, 0.15) is 361 Å². The highest BCUT2D eigenvalue weighted by molar-refractivity contribution is 7.45. The molecule has 1 amide bonds. The van der Waals surface area contributed by atoms with E-state index in [4.69, 9.17) is 9.05 Å². The number of carbonyl (C=O) groups excluding carboxylic acids is 1. The lowest BCUT2D eigenvalue weighted by Gasteiger charge is -2.30. The maximum absolute atomic E-state index is 13.0. The van der Waals surface area contributed by atoms with Gasteiger partial charge in [-0.25, -0.2) is 0 Å². The SMILES string of the molecule is CCCCCCCCCCCCCCCCCCCCCCCCCCCCCCCCCCCCCCCCCCCC(=O)NC(COP(=O)([O-])OCC[N+](C)(C)C)C(O)CCCCCCCCCCCCC. The highest BCUT2D eigenvalue weighted by atomic mass is 31.2. The summed E-state index contributed by atoms with van der Waals surface area (Å²) in [6.07, 6.45) is 70.7. The van der Waals surface area contributed by atoms with Gasteiger partial charge in [0.1, 0.15) is 13.2 Å². The Morgan fingerprint density at radius 3 is 0.919 bits per heavy atom. The minimum atomic E-state index is -4.56. The van der Waals surface area contributed by atoms with Crippen molar-refractivity contribution in [2.45, 2.75) is 373 Å². The number of nitrogens with zero attached hydrogens (tertiary/aromatic N) is 1. The summed E-state index contributed by atoms with van der Waals surface area (Å²) in [5.41, 5.74) is 0. The molecule has 0 spiro atoms. The van der Waals surface area contributed by atoms with Gasteiger partial charge in [-0.05, 0) is 12.8 Å². The highest BCUT2D eigenvalue weighted by Gasteiger charge is 2.24. The first-order valence-corrected chi connectivity index (χ1v) is 34.8. The lowest BCUT2D eigenvalue weighted by atomic mass is 10.0. The van der Waals surface area contributed by atoms with Crippen molar-refractivity contribution >= 4 is 13.7 Å². The van der Waals surface area contributed by atoms with Crippen molar-refractivity contribution in [3.05, 3.63) is 0 Å². The first-order chi connectivity index (χ1) is 36.0. The molecule has 0 heterocycles. The van der Waals surface area contributed by atoms with E-state index in [-0.39, 0.29) is 19.1 Å². The van der Waals surface area contributed by atoms with Crippen LogP contribution in [0.4, 0.5) is 0 Å². The normalized spacial score (nSPS) is 13.7. The van der Waals surface area contributed by atoms with E-state index >= 15 is 0 Å². The molecule has 0 saturated carbocycles. The first kappa shape index (κ1) is 73.5. The van der Waals surface area contributed by atoms with Crippen LogP contribution in [-0.2, 0) is 18.4 Å². The Morgan fingerprint density at radius 1 is 0.419 bits per heavy atom. The van der Waals surface area contributed by atoms with E-state index < -0.39 is 20.0 Å². The number of phosphoric acid groups is 1. The van der Waals surface area contributed by atoms with E-state index in [1.165, 1.54) is 295 Å². The first-order valence-electron chi connectivity index (χ1n) is 33.4. The average Bonchev–Trinajstić information content (AvgIpc) is 3.36. The molecule has 0 aliphatic heterocycles. The predicted molar refractivity (Wildman–Crippen MR) is 321 cm³/mol. The van der Waals surface area contributed by atoms with Gasteiger partial charge in [0.2, 0.25) is 5.91 Å². The van der Waals surface area contributed by atoms with Crippen LogP contribution < -0.4 is 10.2 Å². The Balaban J connectivity index is 3.72. The number of carbonyl (C=O) groups is 1. The van der Waals surface area contributed by atoms with Gasteiger partial charge in [-0.1, -0.05) is 341 Å². The molecule has 0 saturated heterocycles. The number of nitrogens with one attached hydrogen (secondary N) is 1. The lowest BCUT2D eigenvalue weighted by Crippen LogP contribution is -2.46. The molecule has 0 aromatic heterocycles. The number of likely N-dealkylation sites (N-methyl/N-ethyl adjacent to an activating group) is 1. The van der Waals surface area contributed by atoms with Crippen LogP contribution in [0.3, 0.4) is 0 Å². The van der Waals surface area contributed by atoms with Crippen LogP contribution in [0.2, 0.25) is 0 Å². The van der Waals surface area contributed by atoms with Gasteiger partial charge in [-0.15, -0.1) is 0 Å². The molecule has 0 aliphatic rings. The molecule has 74 heavy (non-hydrogen) atoms. The molecule has 0 aliphatic carbocycles. The van der Waals surface area contributed by atoms with E-state index in [9.17, 15) is 19.4 Å². The van der Waals surface area contributed by atoms with Gasteiger partial charge in [0, 0.05) is 6.42 Å². The zero-order valence-electron chi connectivity index (χ0n) is 50.8. The van der Waals surface area contributed by atoms with Crippen molar-refractivity contribution in [3.8, 4) is 0 Å². The number of aliphatic hydroxyl groups is 1. The summed E-state index contributed by atoms with van der Waals surface area (Å²) in [5, 5.41) is 14.0. The fourth-order valence-corrected chi connectivity index (χ4v) is 11.4. The maximum atomic E-state index is 13.0. The van der Waals surface area contributed by atoms with Crippen molar-refractivity contribution in [3.63, 3.8) is 0 Å². The number of rotatable bonds is 63. The lowest BCUT2D eigenvalue weighted by molar-refractivity contribution is -0.870. The molecule has 0 aromatic carbocycles. The number of quaternary nitrogens is 1. The Hall–Kier alpha value is -0.500. The third-order valence-corrected chi connectivity index (χ3v) is 16.8. The van der Waals surface area contributed by atoms with Crippen molar-refractivity contribution in [2.24, 2.45) is 0 Å². The summed E-state index contributed by atoms with van der Waals surface area (Å²) in [6.45, 7) is 4.76. The molecular formula is C65H133N2O6P. The number of hydrogen-bond acceptors (Lipinski definition) is 6. The van der Waals surface area contributed by atoms with Crippen molar-refractivity contribution in [1.82, 2.24) is 5.32 Å². The van der Waals surface area contributed by atoms with Gasteiger partial charge in [-0.3, -0.25) is 9.36 Å². The number of aliphatic hydroxyl groups excluding tert-OH is 1. The molecule has 0 fully saturated rings. The summed E-state index contributed by atoms with van der Waals surface area (Å²) in [6, 6.07) is -0.794. The van der Waals surface area contributed by atoms with Crippen LogP contribution in [-0.4, -0.2) is 68.5 Å². The fraction of sp³-hybridized carbons (Fsp3) is 0.985. The zero-order chi connectivity index (χ0) is 54.2. The molecule has 2 N–H and O–H groups in total. The van der Waals surface area contributed by atoms with Gasteiger partial charge in [0.15, 0.2) is 0 Å². The second-order valence-corrected chi connectivity index (χ2v) is 26.0. The topological polar surface area (TPSA) is 108 Å². The van der Waals surface area contributed by atoms with Crippen molar-refractivity contribution in [1.29, 1.82) is 0 Å². The number of unbranched alkanes of at least 4 members (excludes halogenated alkanes) is 50. The van der Waals surface area contributed by atoms with Crippen LogP contribution in [0.5, 0.6) is 0 Å². The van der Waals surface area contributed by atoms with E-state index in [1.54, 1.807) is 0 Å². The minimum absolute atomic E-state index is 0.0163. The van der Waals surface area contributed by atoms with Gasteiger partial charge in [0.05, 0.1) is 39.9 Å². The van der Waals surface area contributed by atoms with Crippen LogP contribution >= 0.6 is 7.82 Å². The summed E-state index contributed by atoms with van der Waals surface area (Å²) in [5.74, 6) is -0.157. The van der Waals surface area contributed by atoms with Crippen molar-refractivity contribution in [2.75, 3.05) is 40.9 Å². The summed E-state index contributed by atoms with van der Waals surface area (Å²) >= 11 is 0. The fourth-order valence-electron chi connectivity index (χ4n) is 10.6. The van der Waals surface area contributed by atoms with Crippen LogP contribution in [0, 0.1) is 0 Å². The van der Waals surface area contributed by atoms with E-state index in [0.29, 0.717) is 23.9 Å². The molecule has 3 unspecified atom stereocenters. The van der Waals surface area contributed by atoms with Gasteiger partial charge in [-0.2, -0.15) is 0 Å². The molecule has 0 aromatic rings. The third kappa shape index (κ3) is 59.2. The second kappa shape index (κ2) is 57.2. The molecule has 8 nitrogen and oxygen atoms in total. The zero-order valence-corrected chi connectivity index (χ0v) is 51.7. The number of hydrogen-bond donors (Lipinski definition) is 2. The van der Waals surface area contributed by atoms with Gasteiger partial charge >= 0.3 is 0 Å². The van der Waals surface area contributed by atoms with Gasteiger partial charge < -0.3 is 28.8 Å². The average molecular weight is 1070 g/mol. The van der Waals surface area contributed by atoms with E-state index in [1.807, 2.05) is 21.1 Å².